The van der Waals surface area contributed by atoms with Gasteiger partial charge in [0.25, 0.3) is 0 Å². The van der Waals surface area contributed by atoms with Crippen LogP contribution in [0.2, 0.25) is 5.02 Å². The molecule has 1 aliphatic carbocycles. The Morgan fingerprint density at radius 2 is 1.75 bits per heavy atom. The maximum Gasteiger partial charge on any atom is 0.152 e. The van der Waals surface area contributed by atoms with Crippen LogP contribution in [-0.4, -0.2) is 22.6 Å². The lowest BCUT2D eigenvalue weighted by Crippen LogP contribution is -2.37. The van der Waals surface area contributed by atoms with E-state index in [0.717, 1.165) is 64.4 Å². The van der Waals surface area contributed by atoms with Crippen LogP contribution < -0.4 is 16.0 Å². The molecule has 3 N–H and O–H groups in total. The van der Waals surface area contributed by atoms with Crippen molar-refractivity contribution in [3.05, 3.63) is 64.6 Å². The van der Waals surface area contributed by atoms with Gasteiger partial charge in [0, 0.05) is 22.4 Å². The normalized spacial score (nSPS) is 18.2. The molecule has 0 radical (unpaired) electrons. The second kappa shape index (κ2) is 12.4. The highest BCUT2D eigenvalue weighted by Gasteiger charge is 2.25. The first-order chi connectivity index (χ1) is 14.7. The smallest absolute Gasteiger partial charge is 0.152 e. The maximum absolute atomic E-state index is 5.99. The predicted molar refractivity (Wildman–Crippen MR) is 138 cm³/mol. The minimum absolute atomic E-state index is 0. The van der Waals surface area contributed by atoms with Crippen LogP contribution in [0.15, 0.2) is 42.5 Å². The van der Waals surface area contributed by atoms with Gasteiger partial charge in [0.1, 0.15) is 5.75 Å². The van der Waals surface area contributed by atoms with E-state index in [-0.39, 0.29) is 24.8 Å². The van der Waals surface area contributed by atoms with Crippen LogP contribution >= 0.6 is 36.4 Å². The molecule has 8 heteroatoms. The second-order valence-electron chi connectivity index (χ2n) is 7.68. The van der Waals surface area contributed by atoms with E-state index in [1.54, 1.807) is 0 Å². The monoisotopic (exact) mass is 494 g/mol. The van der Waals surface area contributed by atoms with Gasteiger partial charge in [-0.25, -0.2) is 9.97 Å². The molecule has 1 fully saturated rings. The van der Waals surface area contributed by atoms with Gasteiger partial charge in [0.15, 0.2) is 5.82 Å². The van der Waals surface area contributed by atoms with Crippen LogP contribution in [-0.2, 0) is 0 Å². The summed E-state index contributed by atoms with van der Waals surface area (Å²) in [5.41, 5.74) is 6.03. The summed E-state index contributed by atoms with van der Waals surface area (Å²) >= 11 is 5.99. The molecular weight excluding hydrogens is 467 g/mol. The lowest BCUT2D eigenvalue weighted by atomic mass is 9.83. The summed E-state index contributed by atoms with van der Waals surface area (Å²) in [6, 6.07) is 14.2. The number of fused-ring (bicyclic) bond motifs is 1. The van der Waals surface area contributed by atoms with E-state index in [9.17, 15) is 0 Å². The van der Waals surface area contributed by atoms with E-state index < -0.39 is 0 Å². The minimum Gasteiger partial charge on any atom is -0.494 e. The van der Waals surface area contributed by atoms with Crippen molar-refractivity contribution in [3.63, 3.8) is 0 Å². The van der Waals surface area contributed by atoms with Gasteiger partial charge in [-0.3, -0.25) is 11.3 Å². The predicted octanol–water partition coefficient (Wildman–Crippen LogP) is 6.19. The van der Waals surface area contributed by atoms with Crippen LogP contribution in [0.4, 0.5) is 0 Å². The number of benzene rings is 2. The quantitative estimate of drug-likeness (QED) is 0.315. The zero-order chi connectivity index (χ0) is 20.9. The first-order valence-electron chi connectivity index (χ1n) is 10.5. The van der Waals surface area contributed by atoms with Crippen LogP contribution in [0.3, 0.4) is 0 Å². The molecule has 1 aromatic heterocycles. The SMILES string of the molecule is CCOc1ccc2nc(C=Cc3ccc(Cl)cc3)nc([C@H]3CC[C@@H](NN)CC3)c2c1.Cl.Cl. The Bertz CT molecular complexity index is 1040. The minimum atomic E-state index is 0. The Morgan fingerprint density at radius 1 is 1.03 bits per heavy atom. The maximum atomic E-state index is 5.99. The zero-order valence-electron chi connectivity index (χ0n) is 18.0. The third-order valence-corrected chi connectivity index (χ3v) is 5.92. The van der Waals surface area contributed by atoms with Crippen molar-refractivity contribution in [1.29, 1.82) is 0 Å². The van der Waals surface area contributed by atoms with Crippen molar-refractivity contribution in [1.82, 2.24) is 15.4 Å². The Hall–Kier alpha value is -1.89. The van der Waals surface area contributed by atoms with Crippen molar-refractivity contribution in [2.75, 3.05) is 6.61 Å². The Kier molecular flexibility index (Phi) is 10.2. The number of halogens is 3. The van der Waals surface area contributed by atoms with E-state index in [1.807, 2.05) is 55.5 Å². The average Bonchev–Trinajstić information content (AvgIpc) is 2.78. The lowest BCUT2D eigenvalue weighted by molar-refractivity contribution is 0.339. The van der Waals surface area contributed by atoms with E-state index in [2.05, 4.69) is 11.5 Å². The molecule has 0 saturated heterocycles. The molecule has 0 aliphatic heterocycles. The van der Waals surface area contributed by atoms with Crippen molar-refractivity contribution >= 4 is 59.5 Å². The highest BCUT2D eigenvalue weighted by atomic mass is 35.5. The standard InChI is InChI=1S/C24H27ClN4O.2ClH/c1-2-30-20-12-13-22-21(15-20)24(17-6-10-19(29-26)11-7-17)28-23(27-22)14-5-16-3-8-18(25)9-4-16;;/h3-5,8-9,12-15,17,19,29H,2,6-7,10-11,26H2,1H3;2*1H/t17-,19+;;. The molecular formula is C24H29Cl3N4O. The molecule has 3 aromatic rings. The molecule has 2 aromatic carbocycles. The zero-order valence-corrected chi connectivity index (χ0v) is 20.3. The summed E-state index contributed by atoms with van der Waals surface area (Å²) in [5.74, 6) is 7.61. The number of ether oxygens (including phenoxy) is 1. The topological polar surface area (TPSA) is 73.1 Å². The summed E-state index contributed by atoms with van der Waals surface area (Å²) in [5, 5.41) is 1.80. The van der Waals surface area contributed by atoms with Gasteiger partial charge in [-0.05, 0) is 74.6 Å². The van der Waals surface area contributed by atoms with Crippen molar-refractivity contribution in [2.24, 2.45) is 5.84 Å². The number of nitrogens with zero attached hydrogens (tertiary/aromatic N) is 2. The molecule has 0 unspecified atom stereocenters. The van der Waals surface area contributed by atoms with Crippen molar-refractivity contribution in [3.8, 4) is 5.75 Å². The Morgan fingerprint density at radius 3 is 2.41 bits per heavy atom. The van der Waals surface area contributed by atoms with Gasteiger partial charge in [0.2, 0.25) is 0 Å². The van der Waals surface area contributed by atoms with E-state index >= 15 is 0 Å². The van der Waals surface area contributed by atoms with E-state index in [1.165, 1.54) is 0 Å². The van der Waals surface area contributed by atoms with Crippen molar-refractivity contribution in [2.45, 2.75) is 44.6 Å². The molecule has 5 nitrogen and oxygen atoms in total. The number of aromatic nitrogens is 2. The fourth-order valence-electron chi connectivity index (χ4n) is 4.07. The molecule has 172 valence electrons. The molecule has 0 bridgehead atoms. The van der Waals surface area contributed by atoms with Gasteiger partial charge in [-0.2, -0.15) is 0 Å². The van der Waals surface area contributed by atoms with E-state index in [4.69, 9.17) is 32.1 Å². The van der Waals surface area contributed by atoms with Gasteiger partial charge in [-0.1, -0.05) is 29.8 Å². The molecule has 0 amide bonds. The van der Waals surface area contributed by atoms with Gasteiger partial charge in [-0.15, -0.1) is 24.8 Å². The lowest BCUT2D eigenvalue weighted by Gasteiger charge is -2.28. The number of hydrogen-bond acceptors (Lipinski definition) is 5. The van der Waals surface area contributed by atoms with Crippen LogP contribution in [0.1, 0.15) is 55.6 Å². The number of nitrogens with two attached hydrogens (primary N) is 1. The number of nitrogens with one attached hydrogen (secondary N) is 1. The number of hydrazine groups is 1. The Labute approximate surface area is 206 Å². The van der Waals surface area contributed by atoms with Crippen LogP contribution in [0.5, 0.6) is 5.75 Å². The van der Waals surface area contributed by atoms with Gasteiger partial charge >= 0.3 is 0 Å². The van der Waals surface area contributed by atoms with Gasteiger partial charge in [0.05, 0.1) is 17.8 Å². The first kappa shape index (κ1) is 26.4. The number of hydrogen-bond donors (Lipinski definition) is 2. The van der Waals surface area contributed by atoms with Crippen LogP contribution in [0, 0.1) is 0 Å². The third kappa shape index (κ3) is 6.33. The summed E-state index contributed by atoms with van der Waals surface area (Å²) in [7, 11) is 0. The van der Waals surface area contributed by atoms with Crippen molar-refractivity contribution < 1.29 is 4.74 Å². The molecule has 1 aliphatic rings. The van der Waals surface area contributed by atoms with Crippen LogP contribution in [0.25, 0.3) is 23.1 Å². The summed E-state index contributed by atoms with van der Waals surface area (Å²) < 4.78 is 5.73. The number of rotatable bonds is 6. The summed E-state index contributed by atoms with van der Waals surface area (Å²) in [6.07, 6.45) is 8.20. The van der Waals surface area contributed by atoms with Gasteiger partial charge < -0.3 is 4.74 Å². The highest BCUT2D eigenvalue weighted by Crippen LogP contribution is 2.36. The van der Waals surface area contributed by atoms with E-state index in [0.29, 0.717) is 18.6 Å². The average molecular weight is 496 g/mol. The largest absolute Gasteiger partial charge is 0.494 e. The molecule has 0 spiro atoms. The molecule has 32 heavy (non-hydrogen) atoms. The summed E-state index contributed by atoms with van der Waals surface area (Å²) in [4.78, 5) is 9.76. The molecule has 4 rings (SSSR count). The summed E-state index contributed by atoms with van der Waals surface area (Å²) in [6.45, 7) is 2.63. The Balaban J connectivity index is 0.00000181. The molecule has 1 saturated carbocycles. The first-order valence-corrected chi connectivity index (χ1v) is 10.9. The highest BCUT2D eigenvalue weighted by molar-refractivity contribution is 6.30. The molecule has 1 heterocycles. The third-order valence-electron chi connectivity index (χ3n) is 5.67. The fourth-order valence-corrected chi connectivity index (χ4v) is 4.20. The molecule has 0 atom stereocenters. The fraction of sp³-hybridized carbons (Fsp3) is 0.333. The second-order valence-corrected chi connectivity index (χ2v) is 8.12.